The number of hydrogen-bond acceptors (Lipinski definition) is 7. The fourth-order valence-corrected chi connectivity index (χ4v) is 5.35. The Morgan fingerprint density at radius 1 is 0.556 bits per heavy atom. The molecule has 0 atom stereocenters. The highest BCUT2D eigenvalue weighted by Crippen LogP contribution is 2.49. The first-order valence-electron chi connectivity index (χ1n) is 12.5. The zero-order valence-electron chi connectivity index (χ0n) is 20.9. The van der Waals surface area contributed by atoms with Gasteiger partial charge in [0, 0.05) is 32.8 Å². The SMILES string of the molecule is OCCCN(CCO)SC(c1ccccc1)(c1ccccc1)c1ccccc1.OCCCNCCO. The number of nitrogens with zero attached hydrogens (tertiary/aromatic N) is 1. The van der Waals surface area contributed by atoms with Crippen LogP contribution in [0.1, 0.15) is 29.5 Å². The van der Waals surface area contributed by atoms with E-state index in [9.17, 15) is 10.2 Å². The highest BCUT2D eigenvalue weighted by molar-refractivity contribution is 7.98. The van der Waals surface area contributed by atoms with Gasteiger partial charge in [-0.2, -0.15) is 0 Å². The van der Waals surface area contributed by atoms with Crippen molar-refractivity contribution in [3.8, 4) is 0 Å². The molecule has 0 aliphatic carbocycles. The van der Waals surface area contributed by atoms with Gasteiger partial charge in [0.2, 0.25) is 0 Å². The minimum atomic E-state index is -0.450. The van der Waals surface area contributed by atoms with Crippen LogP contribution >= 0.6 is 11.9 Å². The Bertz CT molecular complexity index is 814. The minimum Gasteiger partial charge on any atom is -0.396 e. The Labute approximate surface area is 219 Å². The molecule has 0 saturated heterocycles. The van der Waals surface area contributed by atoms with E-state index in [2.05, 4.69) is 82.4 Å². The summed E-state index contributed by atoms with van der Waals surface area (Å²) in [5.74, 6) is 0. The average molecular weight is 513 g/mol. The van der Waals surface area contributed by atoms with Gasteiger partial charge in [0.1, 0.15) is 4.75 Å². The topological polar surface area (TPSA) is 96.2 Å². The monoisotopic (exact) mass is 512 g/mol. The Balaban J connectivity index is 0.000000493. The average Bonchev–Trinajstić information content (AvgIpc) is 2.94. The maximum absolute atomic E-state index is 9.63. The van der Waals surface area contributed by atoms with E-state index >= 15 is 0 Å². The highest BCUT2D eigenvalue weighted by atomic mass is 32.2. The van der Waals surface area contributed by atoms with Crippen LogP contribution in [-0.4, -0.2) is 77.3 Å². The number of hydrogen-bond donors (Lipinski definition) is 5. The fraction of sp³-hybridized carbons (Fsp3) is 0.379. The van der Waals surface area contributed by atoms with E-state index in [1.54, 1.807) is 11.9 Å². The predicted octanol–water partition coefficient (Wildman–Crippen LogP) is 3.25. The molecule has 0 saturated carbocycles. The summed E-state index contributed by atoms with van der Waals surface area (Å²) in [5.41, 5.74) is 3.55. The van der Waals surface area contributed by atoms with Crippen LogP contribution in [0, 0.1) is 0 Å². The molecule has 0 heterocycles. The lowest BCUT2D eigenvalue weighted by Crippen LogP contribution is -2.33. The second-order valence-corrected chi connectivity index (χ2v) is 9.46. The van der Waals surface area contributed by atoms with Gasteiger partial charge in [-0.15, -0.1) is 0 Å². The lowest BCUT2D eigenvalue weighted by atomic mass is 9.84. The number of aliphatic hydroxyl groups excluding tert-OH is 4. The van der Waals surface area contributed by atoms with E-state index in [0.29, 0.717) is 26.1 Å². The first-order chi connectivity index (χ1) is 17.7. The number of rotatable bonds is 15. The second kappa shape index (κ2) is 18.1. The molecular formula is C29H40N2O4S. The molecular weight excluding hydrogens is 472 g/mol. The van der Waals surface area contributed by atoms with E-state index in [1.807, 2.05) is 18.2 Å². The van der Waals surface area contributed by atoms with Crippen LogP contribution in [0.3, 0.4) is 0 Å². The third kappa shape index (κ3) is 9.33. The van der Waals surface area contributed by atoms with Crippen molar-refractivity contribution in [2.75, 3.05) is 52.6 Å². The standard InChI is InChI=1S/C24H27NO2S.C5H13NO2/c26-19-10-17-25(18-20-27)28-24(21-11-4-1-5-12-21,22-13-6-2-7-14-22)23-15-8-3-9-16-23;7-4-1-2-6-3-5-8/h1-9,11-16,26-27H,10,17-20H2;6-8H,1-5H2. The minimum absolute atomic E-state index is 0.0763. The summed E-state index contributed by atoms with van der Waals surface area (Å²) < 4.78 is 1.72. The van der Waals surface area contributed by atoms with Gasteiger partial charge in [0.15, 0.2) is 0 Å². The molecule has 3 rings (SSSR count). The van der Waals surface area contributed by atoms with Gasteiger partial charge in [-0.3, -0.25) is 0 Å². The lowest BCUT2D eigenvalue weighted by molar-refractivity contribution is 0.240. The summed E-state index contributed by atoms with van der Waals surface area (Å²) in [5, 5.41) is 38.4. The molecule has 36 heavy (non-hydrogen) atoms. The number of benzene rings is 3. The molecule has 196 valence electrons. The summed E-state index contributed by atoms with van der Waals surface area (Å²) in [6.45, 7) is 3.26. The number of aliphatic hydroxyl groups is 4. The van der Waals surface area contributed by atoms with E-state index in [1.165, 1.54) is 16.7 Å². The zero-order chi connectivity index (χ0) is 25.9. The summed E-state index contributed by atoms with van der Waals surface area (Å²) in [4.78, 5) is 0. The molecule has 0 amide bonds. The van der Waals surface area contributed by atoms with Crippen LogP contribution in [0.2, 0.25) is 0 Å². The van der Waals surface area contributed by atoms with Crippen LogP contribution in [0.15, 0.2) is 91.0 Å². The molecule has 0 unspecified atom stereocenters. The van der Waals surface area contributed by atoms with Crippen molar-refractivity contribution in [2.24, 2.45) is 0 Å². The van der Waals surface area contributed by atoms with Gasteiger partial charge in [-0.05, 0) is 36.1 Å². The summed E-state index contributed by atoms with van der Waals surface area (Å²) in [6, 6.07) is 31.5. The van der Waals surface area contributed by atoms with Gasteiger partial charge in [0.25, 0.3) is 0 Å². The van der Waals surface area contributed by atoms with Crippen LogP contribution in [-0.2, 0) is 4.75 Å². The smallest absolute Gasteiger partial charge is 0.105 e. The van der Waals surface area contributed by atoms with E-state index in [0.717, 1.165) is 13.0 Å². The van der Waals surface area contributed by atoms with Crippen LogP contribution in [0.4, 0.5) is 0 Å². The Hall–Kier alpha value is -2.23. The third-order valence-electron chi connectivity index (χ3n) is 5.52. The molecule has 3 aromatic carbocycles. The molecule has 6 nitrogen and oxygen atoms in total. The zero-order valence-corrected chi connectivity index (χ0v) is 21.7. The van der Waals surface area contributed by atoms with Crippen molar-refractivity contribution in [1.82, 2.24) is 9.62 Å². The summed E-state index contributed by atoms with van der Waals surface area (Å²) in [7, 11) is 0. The predicted molar refractivity (Wildman–Crippen MR) is 149 cm³/mol. The first kappa shape index (κ1) is 30.0. The quantitative estimate of drug-likeness (QED) is 0.121. The van der Waals surface area contributed by atoms with Crippen LogP contribution < -0.4 is 5.32 Å². The maximum Gasteiger partial charge on any atom is 0.105 e. The van der Waals surface area contributed by atoms with Gasteiger partial charge in [-0.1, -0.05) is 103 Å². The van der Waals surface area contributed by atoms with E-state index in [4.69, 9.17) is 10.2 Å². The Morgan fingerprint density at radius 3 is 1.42 bits per heavy atom. The second-order valence-electron chi connectivity index (χ2n) is 8.15. The van der Waals surface area contributed by atoms with Crippen molar-refractivity contribution in [2.45, 2.75) is 17.6 Å². The van der Waals surface area contributed by atoms with Crippen molar-refractivity contribution >= 4 is 11.9 Å². The molecule has 7 heteroatoms. The highest BCUT2D eigenvalue weighted by Gasteiger charge is 2.39. The summed E-state index contributed by atoms with van der Waals surface area (Å²) >= 11 is 1.72. The molecule has 0 radical (unpaired) electrons. The number of nitrogens with one attached hydrogen (secondary N) is 1. The maximum atomic E-state index is 9.63. The van der Waals surface area contributed by atoms with Crippen molar-refractivity contribution < 1.29 is 20.4 Å². The van der Waals surface area contributed by atoms with Crippen molar-refractivity contribution in [3.05, 3.63) is 108 Å². The third-order valence-corrected chi connectivity index (χ3v) is 7.13. The Morgan fingerprint density at radius 2 is 1.03 bits per heavy atom. The molecule has 0 spiro atoms. The summed E-state index contributed by atoms with van der Waals surface area (Å²) in [6.07, 6.45) is 1.43. The van der Waals surface area contributed by atoms with Gasteiger partial charge in [-0.25, -0.2) is 4.31 Å². The Kier molecular flexibility index (Phi) is 15.1. The van der Waals surface area contributed by atoms with E-state index < -0.39 is 4.75 Å². The van der Waals surface area contributed by atoms with E-state index in [-0.39, 0.29) is 26.4 Å². The lowest BCUT2D eigenvalue weighted by Gasteiger charge is -2.39. The molecule has 0 fully saturated rings. The first-order valence-corrected chi connectivity index (χ1v) is 13.2. The molecule has 3 aromatic rings. The fourth-order valence-electron chi connectivity index (χ4n) is 3.84. The van der Waals surface area contributed by atoms with Gasteiger partial charge >= 0.3 is 0 Å². The molecule has 0 aliphatic rings. The van der Waals surface area contributed by atoms with Crippen LogP contribution in [0.25, 0.3) is 0 Å². The molecule has 5 N–H and O–H groups in total. The normalized spacial score (nSPS) is 11.2. The molecule has 0 bridgehead atoms. The van der Waals surface area contributed by atoms with Gasteiger partial charge < -0.3 is 25.7 Å². The molecule has 0 aliphatic heterocycles. The van der Waals surface area contributed by atoms with Gasteiger partial charge in [0.05, 0.1) is 13.2 Å². The van der Waals surface area contributed by atoms with Crippen molar-refractivity contribution in [3.63, 3.8) is 0 Å². The molecule has 0 aromatic heterocycles. The van der Waals surface area contributed by atoms with Crippen molar-refractivity contribution in [1.29, 1.82) is 0 Å². The van der Waals surface area contributed by atoms with Crippen LogP contribution in [0.5, 0.6) is 0 Å². The largest absolute Gasteiger partial charge is 0.396 e.